The predicted octanol–water partition coefficient (Wildman–Crippen LogP) is 7.39. The van der Waals surface area contributed by atoms with E-state index in [2.05, 4.69) is 27.7 Å². The van der Waals surface area contributed by atoms with Crippen LogP contribution in [0.4, 0.5) is 0 Å². The molecule has 0 aromatic heterocycles. The second-order valence-corrected chi connectivity index (χ2v) is 17.1. The van der Waals surface area contributed by atoms with Crippen molar-refractivity contribution in [2.24, 2.45) is 34.5 Å². The van der Waals surface area contributed by atoms with Gasteiger partial charge in [-0.25, -0.2) is 0 Å². The van der Waals surface area contributed by atoms with E-state index in [1.165, 1.54) is 64.2 Å². The first-order valence-electron chi connectivity index (χ1n) is 19.2. The summed E-state index contributed by atoms with van der Waals surface area (Å²) in [7, 11) is 0. The van der Waals surface area contributed by atoms with Gasteiger partial charge in [-0.05, 0) is 137 Å². The van der Waals surface area contributed by atoms with Crippen molar-refractivity contribution in [3.05, 3.63) is 0 Å². The van der Waals surface area contributed by atoms with E-state index in [-0.39, 0.29) is 18.5 Å². The molecule has 0 amide bonds. The molecule has 2 unspecified atom stereocenters. The lowest BCUT2D eigenvalue weighted by molar-refractivity contribution is -0.0879. The van der Waals surface area contributed by atoms with E-state index in [4.69, 9.17) is 33.5 Å². The average Bonchev–Trinajstić information content (AvgIpc) is 4.01. The Hall–Kier alpha value is -0.320. The molecule has 0 bridgehead atoms. The van der Waals surface area contributed by atoms with Gasteiger partial charge in [0.1, 0.15) is 18.8 Å². The first-order valence-corrected chi connectivity index (χ1v) is 19.2. The van der Waals surface area contributed by atoms with Gasteiger partial charge in [-0.2, -0.15) is 9.78 Å². The second kappa shape index (κ2) is 16.1. The van der Waals surface area contributed by atoms with Gasteiger partial charge in [-0.1, -0.05) is 27.7 Å². The fourth-order valence-corrected chi connectivity index (χ4v) is 9.82. The van der Waals surface area contributed by atoms with Crippen molar-refractivity contribution in [2.75, 3.05) is 33.0 Å². The summed E-state index contributed by atoms with van der Waals surface area (Å²) >= 11 is 0. The summed E-state index contributed by atoms with van der Waals surface area (Å²) in [4.78, 5) is 9.62. The van der Waals surface area contributed by atoms with Crippen molar-refractivity contribution in [3.63, 3.8) is 0 Å². The molecule has 8 nitrogen and oxygen atoms in total. The molecule has 2 saturated heterocycles. The lowest BCUT2D eigenvalue weighted by Crippen LogP contribution is -2.40. The fourth-order valence-electron chi connectivity index (χ4n) is 9.82. The minimum absolute atomic E-state index is 0.127. The Bertz CT molecular complexity index is 814. The molecule has 4 saturated carbocycles. The van der Waals surface area contributed by atoms with E-state index in [1.807, 2.05) is 0 Å². The topological polar surface area (TPSA) is 94.7 Å². The summed E-state index contributed by atoms with van der Waals surface area (Å²) in [6, 6.07) is 0. The summed E-state index contributed by atoms with van der Waals surface area (Å²) in [5.41, 5.74) is 0.715. The highest BCUT2D eigenvalue weighted by Crippen LogP contribution is 2.50. The molecular weight excluding hydrogens is 584 g/mol. The summed E-state index contributed by atoms with van der Waals surface area (Å²) in [6.07, 6.45) is 20.1. The van der Waals surface area contributed by atoms with Crippen LogP contribution in [0.15, 0.2) is 0 Å². The number of hydrogen-bond acceptors (Lipinski definition) is 8. The quantitative estimate of drug-likeness (QED) is 0.137. The summed E-state index contributed by atoms with van der Waals surface area (Å²) in [6.45, 7) is 13.1. The Labute approximate surface area is 279 Å². The van der Waals surface area contributed by atoms with Crippen LogP contribution in [0.1, 0.15) is 130 Å². The van der Waals surface area contributed by atoms with Crippen LogP contribution in [0, 0.1) is 34.5 Å². The minimum atomic E-state index is -0.539. The molecule has 2 aliphatic heterocycles. The van der Waals surface area contributed by atoms with Gasteiger partial charge in [0.25, 0.3) is 0 Å². The van der Waals surface area contributed by atoms with Gasteiger partial charge in [-0.15, -0.1) is 0 Å². The molecule has 4 aliphatic carbocycles. The molecule has 6 rings (SSSR count). The molecular formula is C38H66O8. The third kappa shape index (κ3) is 9.89. The molecule has 2 atom stereocenters. The van der Waals surface area contributed by atoms with Gasteiger partial charge in [0.2, 0.25) is 6.29 Å². The van der Waals surface area contributed by atoms with Crippen LogP contribution in [0.25, 0.3) is 0 Å². The highest BCUT2D eigenvalue weighted by Gasteiger charge is 2.43. The molecule has 0 aromatic rings. The number of aliphatic hydroxyl groups excluding tert-OH is 1. The highest BCUT2D eigenvalue weighted by molar-refractivity contribution is 4.92. The Morgan fingerprint density at radius 3 is 1.17 bits per heavy atom. The van der Waals surface area contributed by atoms with Gasteiger partial charge < -0.3 is 28.8 Å². The third-order valence-electron chi connectivity index (χ3n) is 13.6. The molecule has 266 valence electrons. The second-order valence-electron chi connectivity index (χ2n) is 17.1. The zero-order chi connectivity index (χ0) is 32.1. The van der Waals surface area contributed by atoms with Crippen molar-refractivity contribution in [2.45, 2.75) is 173 Å². The Morgan fingerprint density at radius 1 is 0.522 bits per heavy atom. The van der Waals surface area contributed by atoms with Crippen molar-refractivity contribution in [3.8, 4) is 0 Å². The van der Waals surface area contributed by atoms with E-state index in [0.29, 0.717) is 49.0 Å². The standard InChI is InChI=1S/C38H66O8/c1-37(2,28-9-17-33(18-10-28)42-23-35-24-43-35)26-5-13-31(14-6-26)40-21-30(39)22-41-32-15-7-27(8-16-32)38(3,4)29-11-19-34(20-12-29)44-25-36-45-46-36/h26-36,39H,5-25H2,1-4H3. The normalized spacial score (nSPS) is 38.4. The highest BCUT2D eigenvalue weighted by atomic mass is 17.4. The van der Waals surface area contributed by atoms with E-state index >= 15 is 0 Å². The van der Waals surface area contributed by atoms with Crippen LogP contribution in [0.5, 0.6) is 0 Å². The van der Waals surface area contributed by atoms with Gasteiger partial charge in [-0.3, -0.25) is 0 Å². The molecule has 6 aliphatic rings. The van der Waals surface area contributed by atoms with Crippen molar-refractivity contribution >= 4 is 0 Å². The van der Waals surface area contributed by atoms with Crippen LogP contribution in [0.3, 0.4) is 0 Å². The summed E-state index contributed by atoms with van der Waals surface area (Å²) < 4.78 is 29.9. The maximum absolute atomic E-state index is 10.7. The lowest BCUT2D eigenvalue weighted by atomic mass is 9.60. The van der Waals surface area contributed by atoms with Crippen LogP contribution < -0.4 is 0 Å². The molecule has 8 heteroatoms. The maximum atomic E-state index is 10.7. The molecule has 2 heterocycles. The largest absolute Gasteiger partial charge is 0.388 e. The number of aliphatic hydroxyl groups is 1. The summed E-state index contributed by atoms with van der Waals surface area (Å²) in [5, 5.41) is 10.7. The van der Waals surface area contributed by atoms with Gasteiger partial charge in [0.05, 0.1) is 50.8 Å². The Kier molecular flexibility index (Phi) is 12.5. The van der Waals surface area contributed by atoms with Gasteiger partial charge in [0, 0.05) is 0 Å². The first-order chi connectivity index (χ1) is 22.2. The number of hydrogen-bond donors (Lipinski definition) is 1. The average molecular weight is 651 g/mol. The van der Waals surface area contributed by atoms with Gasteiger partial charge in [0.15, 0.2) is 0 Å². The van der Waals surface area contributed by atoms with E-state index in [1.54, 1.807) is 0 Å². The number of ether oxygens (including phenoxy) is 5. The molecule has 0 radical (unpaired) electrons. The van der Waals surface area contributed by atoms with Crippen molar-refractivity contribution in [1.29, 1.82) is 0 Å². The number of rotatable bonds is 16. The van der Waals surface area contributed by atoms with E-state index in [9.17, 15) is 5.11 Å². The molecule has 6 fully saturated rings. The van der Waals surface area contributed by atoms with Gasteiger partial charge >= 0.3 is 0 Å². The zero-order valence-electron chi connectivity index (χ0n) is 29.5. The minimum Gasteiger partial charge on any atom is -0.388 e. The first kappa shape index (κ1) is 35.5. The van der Waals surface area contributed by atoms with Crippen LogP contribution in [-0.2, 0) is 33.5 Å². The predicted molar refractivity (Wildman–Crippen MR) is 176 cm³/mol. The van der Waals surface area contributed by atoms with E-state index in [0.717, 1.165) is 75.4 Å². The van der Waals surface area contributed by atoms with Crippen LogP contribution >= 0.6 is 0 Å². The maximum Gasteiger partial charge on any atom is 0.247 e. The SMILES string of the molecule is CC(C)(C1CCC(OCC(O)COC2CCC(C(C)(C)C3CCC(OCC4OO4)CC3)CC2)CC1)C1CCC(OCC2CO2)CC1. The molecule has 0 spiro atoms. The molecule has 1 N–H and O–H groups in total. The van der Waals surface area contributed by atoms with Crippen LogP contribution in [0.2, 0.25) is 0 Å². The Morgan fingerprint density at radius 2 is 0.848 bits per heavy atom. The third-order valence-corrected chi connectivity index (χ3v) is 13.6. The molecule has 46 heavy (non-hydrogen) atoms. The summed E-state index contributed by atoms with van der Waals surface area (Å²) in [5.74, 6) is 3.05. The molecule has 0 aromatic carbocycles. The monoisotopic (exact) mass is 650 g/mol. The van der Waals surface area contributed by atoms with Crippen LogP contribution in [-0.4, -0.2) is 81.1 Å². The zero-order valence-corrected chi connectivity index (χ0v) is 29.5. The smallest absolute Gasteiger partial charge is 0.247 e. The Balaban J connectivity index is 0.813. The fraction of sp³-hybridized carbons (Fsp3) is 1.00. The van der Waals surface area contributed by atoms with E-state index < -0.39 is 6.10 Å². The lowest BCUT2D eigenvalue weighted by Gasteiger charge is -2.46. The van der Waals surface area contributed by atoms with Crippen molar-refractivity contribution < 1.29 is 38.6 Å². The number of epoxide rings is 1. The van der Waals surface area contributed by atoms with Crippen molar-refractivity contribution in [1.82, 2.24) is 0 Å².